The van der Waals surface area contributed by atoms with E-state index in [0.717, 1.165) is 26.7 Å². The largest absolute Gasteiger partial charge is 0.309 e. The number of rotatable bonds is 3. The molecule has 0 N–H and O–H groups in total. The molecule has 1 nitrogen and oxygen atoms in total. The van der Waals surface area contributed by atoms with Crippen molar-refractivity contribution in [3.8, 4) is 0 Å². The van der Waals surface area contributed by atoms with Crippen LogP contribution in [0.25, 0.3) is 10.8 Å². The molecular weight excluding hydrogens is 322 g/mol. The molecule has 0 saturated heterocycles. The van der Waals surface area contributed by atoms with E-state index in [2.05, 4.69) is 26.0 Å². The lowest BCUT2D eigenvalue weighted by atomic mass is 9.90. The number of hydrogen-bond acceptors (Lipinski definition) is 1. The second-order valence-electron chi connectivity index (χ2n) is 6.23. The van der Waals surface area contributed by atoms with Crippen LogP contribution in [0.1, 0.15) is 0 Å². The van der Waals surface area contributed by atoms with Gasteiger partial charge in [-0.3, -0.25) is 0 Å². The summed E-state index contributed by atoms with van der Waals surface area (Å²) in [5.41, 5.74) is 1.20. The molecule has 0 fully saturated rings. The van der Waals surface area contributed by atoms with Crippen molar-refractivity contribution in [3.05, 3.63) is 97.1 Å². The summed E-state index contributed by atoms with van der Waals surface area (Å²) in [5, 5.41) is 4.88. The van der Waals surface area contributed by atoms with Crippen molar-refractivity contribution in [1.29, 1.82) is 0 Å². The zero-order valence-electron chi connectivity index (χ0n) is 14.1. The maximum Gasteiger partial charge on any atom is 0.171 e. The van der Waals surface area contributed by atoms with Crippen molar-refractivity contribution in [1.82, 2.24) is 0 Å². The van der Waals surface area contributed by atoms with Crippen molar-refractivity contribution < 1.29 is 4.57 Å². The highest BCUT2D eigenvalue weighted by molar-refractivity contribution is 7.85. The van der Waals surface area contributed by atoms with Gasteiger partial charge in [0.1, 0.15) is 7.85 Å². The Morgan fingerprint density at radius 2 is 1.04 bits per heavy atom. The van der Waals surface area contributed by atoms with Crippen LogP contribution >= 0.6 is 7.14 Å². The lowest BCUT2D eigenvalue weighted by Crippen LogP contribution is -2.26. The molecule has 25 heavy (non-hydrogen) atoms. The topological polar surface area (TPSA) is 17.1 Å². The lowest BCUT2D eigenvalue weighted by molar-refractivity contribution is 0.592. The van der Waals surface area contributed by atoms with Crippen molar-refractivity contribution >= 4 is 47.1 Å². The summed E-state index contributed by atoms with van der Waals surface area (Å²) in [6.45, 7) is 0. The quantitative estimate of drug-likeness (QED) is 0.414. The SMILES string of the molecule is Bc1ccc(P(=O)(c2ccccc2)c2ccccc2)c2ccccc12. The Bertz CT molecular complexity index is 1030. The molecule has 4 aromatic carbocycles. The van der Waals surface area contributed by atoms with Gasteiger partial charge in [0, 0.05) is 15.9 Å². The molecule has 0 aliphatic carbocycles. The molecule has 3 heteroatoms. The molecule has 120 valence electrons. The summed E-state index contributed by atoms with van der Waals surface area (Å²) < 4.78 is 14.5. The van der Waals surface area contributed by atoms with Crippen molar-refractivity contribution in [2.24, 2.45) is 0 Å². The highest BCUT2D eigenvalue weighted by Gasteiger charge is 2.31. The first kappa shape index (κ1) is 15.9. The Labute approximate surface area is 149 Å². The summed E-state index contributed by atoms with van der Waals surface area (Å²) in [7, 11) is -0.843. The van der Waals surface area contributed by atoms with E-state index in [9.17, 15) is 4.57 Å². The van der Waals surface area contributed by atoms with Crippen molar-refractivity contribution in [2.45, 2.75) is 0 Å². The summed E-state index contributed by atoms with van der Waals surface area (Å²) in [6.07, 6.45) is 0. The van der Waals surface area contributed by atoms with Crippen LogP contribution in [0.2, 0.25) is 0 Å². The van der Waals surface area contributed by atoms with E-state index in [-0.39, 0.29) is 0 Å². The molecule has 4 aromatic rings. The number of hydrogen-bond donors (Lipinski definition) is 0. The van der Waals surface area contributed by atoms with Crippen molar-refractivity contribution in [2.75, 3.05) is 0 Å². The number of fused-ring (bicyclic) bond motifs is 1. The van der Waals surface area contributed by atoms with E-state index < -0.39 is 7.14 Å². The molecule has 0 atom stereocenters. The predicted molar refractivity (Wildman–Crippen MR) is 112 cm³/mol. The minimum Gasteiger partial charge on any atom is -0.309 e. The first-order valence-corrected chi connectivity index (χ1v) is 10.1. The molecule has 0 aromatic heterocycles. The van der Waals surface area contributed by atoms with Crippen molar-refractivity contribution in [3.63, 3.8) is 0 Å². The molecule has 0 unspecified atom stereocenters. The Kier molecular flexibility index (Phi) is 4.07. The average molecular weight is 340 g/mol. The average Bonchev–Trinajstić information content (AvgIpc) is 2.69. The van der Waals surface area contributed by atoms with E-state index in [1.54, 1.807) is 0 Å². The predicted octanol–water partition coefficient (Wildman–Crippen LogP) is 2.74. The summed E-state index contributed by atoms with van der Waals surface area (Å²) in [4.78, 5) is 0. The molecule has 0 radical (unpaired) electrons. The summed E-state index contributed by atoms with van der Waals surface area (Å²) in [6, 6.07) is 32.0. The summed E-state index contributed by atoms with van der Waals surface area (Å²) in [5.74, 6) is 0. The second-order valence-corrected chi connectivity index (χ2v) is 8.96. The van der Waals surface area contributed by atoms with Crippen LogP contribution in [0.4, 0.5) is 0 Å². The van der Waals surface area contributed by atoms with Crippen LogP contribution < -0.4 is 21.4 Å². The molecule has 0 bridgehead atoms. The molecule has 0 aliphatic rings. The third kappa shape index (κ3) is 2.63. The van der Waals surface area contributed by atoms with Gasteiger partial charge < -0.3 is 4.57 Å². The Balaban J connectivity index is 2.11. The van der Waals surface area contributed by atoms with Gasteiger partial charge in [-0.05, 0) is 10.8 Å². The molecule has 4 rings (SSSR count). The first-order valence-electron chi connectivity index (χ1n) is 8.41. The van der Waals surface area contributed by atoms with Gasteiger partial charge in [-0.15, -0.1) is 0 Å². The Hall–Kier alpha value is -2.57. The molecular formula is C22H18BOP. The van der Waals surface area contributed by atoms with Gasteiger partial charge in [0.05, 0.1) is 0 Å². The Morgan fingerprint density at radius 1 is 0.560 bits per heavy atom. The van der Waals surface area contributed by atoms with Gasteiger partial charge in [-0.25, -0.2) is 0 Å². The zero-order chi connectivity index (χ0) is 17.3. The van der Waals surface area contributed by atoms with Gasteiger partial charge in [-0.1, -0.05) is 103 Å². The third-order valence-electron chi connectivity index (χ3n) is 4.70. The molecule has 0 saturated carbocycles. The van der Waals surface area contributed by atoms with E-state index in [1.165, 1.54) is 5.46 Å². The fourth-order valence-electron chi connectivity index (χ4n) is 3.41. The van der Waals surface area contributed by atoms with E-state index in [0.29, 0.717) is 0 Å². The minimum atomic E-state index is -2.94. The van der Waals surface area contributed by atoms with Gasteiger partial charge in [0.15, 0.2) is 7.14 Å². The minimum absolute atomic E-state index is 0.871. The third-order valence-corrected chi connectivity index (χ3v) is 7.82. The van der Waals surface area contributed by atoms with Gasteiger partial charge >= 0.3 is 0 Å². The van der Waals surface area contributed by atoms with Crippen LogP contribution in [-0.2, 0) is 4.57 Å². The van der Waals surface area contributed by atoms with E-state index >= 15 is 0 Å². The maximum atomic E-state index is 14.5. The molecule has 0 amide bonds. The monoisotopic (exact) mass is 340 g/mol. The molecule has 0 spiro atoms. The van der Waals surface area contributed by atoms with E-state index in [4.69, 9.17) is 0 Å². The highest BCUT2D eigenvalue weighted by Crippen LogP contribution is 2.43. The zero-order valence-corrected chi connectivity index (χ0v) is 15.0. The van der Waals surface area contributed by atoms with Crippen LogP contribution in [-0.4, -0.2) is 7.85 Å². The van der Waals surface area contributed by atoms with Crippen LogP contribution in [0, 0.1) is 0 Å². The van der Waals surface area contributed by atoms with Gasteiger partial charge in [0.2, 0.25) is 0 Å². The fourth-order valence-corrected chi connectivity index (χ4v) is 6.27. The van der Waals surface area contributed by atoms with Crippen LogP contribution in [0.5, 0.6) is 0 Å². The molecule has 0 aliphatic heterocycles. The number of benzene rings is 4. The first-order chi connectivity index (χ1) is 12.2. The maximum absolute atomic E-state index is 14.5. The summed E-state index contributed by atoms with van der Waals surface area (Å²) >= 11 is 0. The lowest BCUT2D eigenvalue weighted by Gasteiger charge is -2.22. The highest BCUT2D eigenvalue weighted by atomic mass is 31.2. The van der Waals surface area contributed by atoms with Gasteiger partial charge in [0.25, 0.3) is 0 Å². The second kappa shape index (κ2) is 6.39. The molecule has 0 heterocycles. The van der Waals surface area contributed by atoms with E-state index in [1.807, 2.05) is 78.9 Å². The smallest absolute Gasteiger partial charge is 0.171 e. The Morgan fingerprint density at radius 3 is 1.60 bits per heavy atom. The standard InChI is InChI=1S/C22H18BOP/c23-21-15-16-22(20-14-8-7-13-19(20)21)25(24,17-9-3-1-4-10-17)18-11-5-2-6-12-18/h1-16H,23H2. The van der Waals surface area contributed by atoms with Crippen LogP contribution in [0.3, 0.4) is 0 Å². The van der Waals surface area contributed by atoms with Crippen LogP contribution in [0.15, 0.2) is 97.1 Å². The fraction of sp³-hybridized carbons (Fsp3) is 0. The van der Waals surface area contributed by atoms with Gasteiger partial charge in [-0.2, -0.15) is 0 Å². The normalized spacial score (nSPS) is 11.5.